The molecular weight excluding hydrogens is 330 g/mol. The first-order valence-electron chi connectivity index (χ1n) is 6.21. The first-order chi connectivity index (χ1) is 10.4. The van der Waals surface area contributed by atoms with E-state index in [4.69, 9.17) is 12.2 Å². The normalized spacial score (nSPS) is 11.4. The Labute approximate surface area is 134 Å². The van der Waals surface area contributed by atoms with E-state index < -0.39 is 21.8 Å². The summed E-state index contributed by atoms with van der Waals surface area (Å²) in [4.78, 5) is 21.9. The number of carbonyl (C=O) groups excluding carboxylic acids is 1. The summed E-state index contributed by atoms with van der Waals surface area (Å²) in [6, 6.07) is 4.06. The van der Waals surface area contributed by atoms with Crippen LogP contribution >= 0.6 is 12.2 Å². The summed E-state index contributed by atoms with van der Waals surface area (Å²) < 4.78 is 16.3. The van der Waals surface area contributed by atoms with Crippen LogP contribution in [-0.2, 0) is 15.5 Å². The van der Waals surface area contributed by atoms with Crippen LogP contribution in [0.2, 0.25) is 0 Å². The third kappa shape index (κ3) is 5.04. The van der Waals surface area contributed by atoms with Gasteiger partial charge in [-0.25, -0.2) is 4.79 Å². The van der Waals surface area contributed by atoms with Crippen LogP contribution in [0.3, 0.4) is 0 Å². The molecule has 2 N–H and O–H groups in total. The van der Waals surface area contributed by atoms with E-state index >= 15 is 0 Å². The summed E-state index contributed by atoms with van der Waals surface area (Å²) in [6.07, 6.45) is -0.0832. The lowest BCUT2D eigenvalue weighted by molar-refractivity contribution is -0.383. The van der Waals surface area contributed by atoms with E-state index in [2.05, 4.69) is 15.4 Å². The highest BCUT2D eigenvalue weighted by Gasteiger charge is 2.17. The van der Waals surface area contributed by atoms with Gasteiger partial charge in [0.2, 0.25) is 0 Å². The molecule has 1 atom stereocenters. The molecule has 0 heterocycles. The number of thiocarbonyl (C=S) groups is 1. The van der Waals surface area contributed by atoms with Crippen LogP contribution in [0.5, 0.6) is 0 Å². The number of ether oxygens (including phenoxy) is 1. The highest BCUT2D eigenvalue weighted by molar-refractivity contribution is 7.85. The third-order valence-corrected chi connectivity index (χ3v) is 4.23. The number of rotatable bonds is 5. The molecule has 1 rings (SSSR count). The van der Waals surface area contributed by atoms with Gasteiger partial charge < -0.3 is 10.1 Å². The smallest absolute Gasteiger partial charge is 0.413 e. The number of methoxy groups -OCH3 is 1. The van der Waals surface area contributed by atoms with Gasteiger partial charge in [-0.3, -0.25) is 19.6 Å². The highest BCUT2D eigenvalue weighted by atomic mass is 32.2. The summed E-state index contributed by atoms with van der Waals surface area (Å²) in [5.74, 6) is 0.447. The lowest BCUT2D eigenvalue weighted by Crippen LogP contribution is -2.34. The van der Waals surface area contributed by atoms with Gasteiger partial charge in [0.15, 0.2) is 5.11 Å². The number of alkyl carbamates (subject to hydrolysis) is 1. The molecule has 1 amide bonds. The van der Waals surface area contributed by atoms with Gasteiger partial charge in [0.1, 0.15) is 5.69 Å². The van der Waals surface area contributed by atoms with Gasteiger partial charge in [-0.1, -0.05) is 6.92 Å². The fourth-order valence-electron chi connectivity index (χ4n) is 1.52. The molecule has 0 spiro atoms. The molecular formula is C12H15N3O5S2. The molecule has 10 heteroatoms. The summed E-state index contributed by atoms with van der Waals surface area (Å²) in [5, 5.41) is 15.6. The van der Waals surface area contributed by atoms with Crippen LogP contribution in [0.1, 0.15) is 13.3 Å². The molecule has 8 nitrogen and oxygen atoms in total. The Balaban J connectivity index is 3.05. The van der Waals surface area contributed by atoms with E-state index in [-0.39, 0.29) is 16.5 Å². The maximum absolute atomic E-state index is 12.0. The molecule has 1 unspecified atom stereocenters. The van der Waals surface area contributed by atoms with E-state index in [9.17, 15) is 19.1 Å². The van der Waals surface area contributed by atoms with Crippen molar-refractivity contribution in [1.29, 1.82) is 0 Å². The molecule has 0 saturated carbocycles. The second kappa shape index (κ2) is 8.39. The quantitative estimate of drug-likeness (QED) is 0.478. The Bertz CT molecular complexity index is 621. The average Bonchev–Trinajstić information content (AvgIpc) is 2.46. The van der Waals surface area contributed by atoms with Gasteiger partial charge in [-0.15, -0.1) is 0 Å². The van der Waals surface area contributed by atoms with Crippen LogP contribution < -0.4 is 10.6 Å². The van der Waals surface area contributed by atoms with Gasteiger partial charge in [-0.05, 0) is 30.8 Å². The van der Waals surface area contributed by atoms with Gasteiger partial charge in [-0.2, -0.15) is 0 Å². The zero-order valence-corrected chi connectivity index (χ0v) is 13.6. The van der Waals surface area contributed by atoms with Crippen molar-refractivity contribution in [2.45, 2.75) is 18.2 Å². The van der Waals surface area contributed by atoms with Gasteiger partial charge in [0.25, 0.3) is 5.69 Å². The number of nitro benzene ring substituents is 1. The lowest BCUT2D eigenvalue weighted by Gasteiger charge is -2.10. The first-order valence-corrected chi connectivity index (χ1v) is 7.94. The number of hydrogen-bond acceptors (Lipinski definition) is 6. The van der Waals surface area contributed by atoms with Crippen LogP contribution in [0.15, 0.2) is 23.1 Å². The standard InChI is InChI=1S/C12H15N3O5S2/c1-3-6-22(19)8-4-5-10(15(17)18)9(7-8)13-11(21)14-12(16)20-2/h4-5,7H,3,6H2,1-2H3,(H2,13,14,16,21). The molecule has 22 heavy (non-hydrogen) atoms. The molecule has 0 saturated heterocycles. The molecule has 1 aromatic carbocycles. The van der Waals surface area contributed by atoms with Crippen molar-refractivity contribution in [1.82, 2.24) is 5.32 Å². The minimum absolute atomic E-state index is 0.0494. The fourth-order valence-corrected chi connectivity index (χ4v) is 2.79. The summed E-state index contributed by atoms with van der Waals surface area (Å²) in [5.41, 5.74) is -0.195. The molecule has 0 aromatic heterocycles. The van der Waals surface area contributed by atoms with E-state index in [1.165, 1.54) is 18.2 Å². The fraction of sp³-hybridized carbons (Fsp3) is 0.333. The van der Waals surface area contributed by atoms with Crippen LogP contribution in [0, 0.1) is 10.1 Å². The number of carbonyl (C=O) groups is 1. The topological polar surface area (TPSA) is 111 Å². The van der Waals surface area contributed by atoms with Gasteiger partial charge >= 0.3 is 6.09 Å². The number of nitrogens with zero attached hydrogens (tertiary/aromatic N) is 1. The molecule has 0 radical (unpaired) electrons. The summed E-state index contributed by atoms with van der Waals surface area (Å²) in [7, 11) is -0.0987. The van der Waals surface area contributed by atoms with Crippen molar-refractivity contribution in [3.8, 4) is 0 Å². The molecule has 0 aliphatic heterocycles. The van der Waals surface area contributed by atoms with E-state index in [0.29, 0.717) is 17.1 Å². The number of nitrogens with one attached hydrogen (secondary N) is 2. The van der Waals surface area contributed by atoms with Crippen molar-refractivity contribution < 1.29 is 18.7 Å². The summed E-state index contributed by atoms with van der Waals surface area (Å²) >= 11 is 4.86. The first kappa shape index (κ1) is 18.0. The van der Waals surface area contributed by atoms with E-state index in [0.717, 1.165) is 7.11 Å². The molecule has 1 aromatic rings. The zero-order chi connectivity index (χ0) is 16.7. The van der Waals surface area contributed by atoms with Crippen LogP contribution in [0.4, 0.5) is 16.2 Å². The minimum atomic E-state index is -1.26. The molecule has 0 aliphatic rings. The van der Waals surface area contributed by atoms with Gasteiger partial charge in [0, 0.05) is 16.7 Å². The van der Waals surface area contributed by atoms with Crippen LogP contribution in [0.25, 0.3) is 0 Å². The third-order valence-electron chi connectivity index (χ3n) is 2.47. The predicted molar refractivity (Wildman–Crippen MR) is 86.4 cm³/mol. The van der Waals surface area contributed by atoms with Crippen molar-refractivity contribution >= 4 is 45.6 Å². The Morgan fingerprint density at radius 2 is 2.18 bits per heavy atom. The highest BCUT2D eigenvalue weighted by Crippen LogP contribution is 2.27. The SMILES string of the molecule is CCCS(=O)c1ccc([N+](=O)[O-])c(NC(=S)NC(=O)OC)c1. The molecule has 0 bridgehead atoms. The maximum atomic E-state index is 12.0. The molecule has 120 valence electrons. The Morgan fingerprint density at radius 1 is 1.50 bits per heavy atom. The van der Waals surface area contributed by atoms with Crippen molar-refractivity contribution in [2.24, 2.45) is 0 Å². The van der Waals surface area contributed by atoms with E-state index in [1.54, 1.807) is 0 Å². The average molecular weight is 345 g/mol. The van der Waals surface area contributed by atoms with Crippen molar-refractivity contribution in [3.63, 3.8) is 0 Å². The Hall–Kier alpha value is -2.07. The van der Waals surface area contributed by atoms with E-state index in [1.807, 2.05) is 6.92 Å². The number of benzene rings is 1. The number of hydrogen-bond donors (Lipinski definition) is 2. The second-order valence-electron chi connectivity index (χ2n) is 4.06. The second-order valence-corrected chi connectivity index (χ2v) is 6.04. The number of anilines is 1. The molecule has 0 aliphatic carbocycles. The van der Waals surface area contributed by atoms with Crippen LogP contribution in [-0.4, -0.2) is 33.2 Å². The van der Waals surface area contributed by atoms with Crippen molar-refractivity contribution in [3.05, 3.63) is 28.3 Å². The predicted octanol–water partition coefficient (Wildman–Crippen LogP) is 2.17. The number of amides is 1. The van der Waals surface area contributed by atoms with Gasteiger partial charge in [0.05, 0.1) is 22.8 Å². The number of nitro groups is 1. The maximum Gasteiger partial charge on any atom is 0.413 e. The Morgan fingerprint density at radius 3 is 2.73 bits per heavy atom. The molecule has 0 fully saturated rings. The monoisotopic (exact) mass is 345 g/mol. The minimum Gasteiger partial charge on any atom is -0.453 e. The Kier molecular flexibility index (Phi) is 6.86. The summed E-state index contributed by atoms with van der Waals surface area (Å²) in [6.45, 7) is 1.89. The largest absolute Gasteiger partial charge is 0.453 e. The zero-order valence-electron chi connectivity index (χ0n) is 12.0. The van der Waals surface area contributed by atoms with Crippen molar-refractivity contribution in [2.75, 3.05) is 18.2 Å². The lowest BCUT2D eigenvalue weighted by atomic mass is 10.2.